The SMILES string of the molecule is CC(C)CC1=NCCc2c1[nH]c1ccc(Cl)cc21. The zero-order valence-corrected chi connectivity index (χ0v) is 11.5. The van der Waals surface area contributed by atoms with Crippen molar-refractivity contribution in [2.45, 2.75) is 26.7 Å². The Kier molecular flexibility index (Phi) is 2.90. The monoisotopic (exact) mass is 260 g/mol. The third-order valence-electron chi connectivity index (χ3n) is 3.42. The molecule has 3 rings (SSSR count). The van der Waals surface area contributed by atoms with Gasteiger partial charge in [-0.1, -0.05) is 25.4 Å². The number of halogens is 1. The van der Waals surface area contributed by atoms with Crippen LogP contribution >= 0.6 is 11.6 Å². The van der Waals surface area contributed by atoms with Crippen LogP contribution < -0.4 is 0 Å². The second-order valence-electron chi connectivity index (χ2n) is 5.34. The number of nitrogens with zero attached hydrogens (tertiary/aromatic N) is 1. The lowest BCUT2D eigenvalue weighted by molar-refractivity contribution is 0.679. The number of benzene rings is 1. The third-order valence-corrected chi connectivity index (χ3v) is 3.66. The van der Waals surface area contributed by atoms with Crippen LogP contribution in [-0.2, 0) is 6.42 Å². The van der Waals surface area contributed by atoms with E-state index >= 15 is 0 Å². The van der Waals surface area contributed by atoms with Crippen LogP contribution in [0.5, 0.6) is 0 Å². The summed E-state index contributed by atoms with van der Waals surface area (Å²) in [5.41, 5.74) is 5.01. The predicted octanol–water partition coefficient (Wildman–Crippen LogP) is 4.21. The summed E-state index contributed by atoms with van der Waals surface area (Å²) in [6.07, 6.45) is 2.05. The van der Waals surface area contributed by atoms with Crippen LogP contribution in [-0.4, -0.2) is 17.2 Å². The van der Waals surface area contributed by atoms with Gasteiger partial charge in [0, 0.05) is 22.5 Å². The Bertz CT molecular complexity index is 623. The van der Waals surface area contributed by atoms with Gasteiger partial charge in [0.25, 0.3) is 0 Å². The zero-order valence-electron chi connectivity index (χ0n) is 10.8. The van der Waals surface area contributed by atoms with E-state index in [2.05, 4.69) is 36.0 Å². The molecule has 1 aliphatic heterocycles. The van der Waals surface area contributed by atoms with Crippen molar-refractivity contribution in [1.29, 1.82) is 0 Å². The van der Waals surface area contributed by atoms with Crippen molar-refractivity contribution in [2.24, 2.45) is 10.9 Å². The van der Waals surface area contributed by atoms with E-state index in [0.717, 1.165) is 24.4 Å². The topological polar surface area (TPSA) is 28.1 Å². The van der Waals surface area contributed by atoms with Crippen LogP contribution in [0.4, 0.5) is 0 Å². The van der Waals surface area contributed by atoms with E-state index in [4.69, 9.17) is 11.6 Å². The van der Waals surface area contributed by atoms with Crippen LogP contribution in [0, 0.1) is 5.92 Å². The van der Waals surface area contributed by atoms with Gasteiger partial charge in [0.1, 0.15) is 0 Å². The molecular weight excluding hydrogens is 244 g/mol. The fourth-order valence-corrected chi connectivity index (χ4v) is 2.83. The maximum atomic E-state index is 6.09. The lowest BCUT2D eigenvalue weighted by atomic mass is 9.97. The van der Waals surface area contributed by atoms with Crippen molar-refractivity contribution in [3.05, 3.63) is 34.5 Å². The summed E-state index contributed by atoms with van der Waals surface area (Å²) >= 11 is 6.09. The maximum absolute atomic E-state index is 6.09. The first-order valence-electron chi connectivity index (χ1n) is 6.49. The van der Waals surface area contributed by atoms with Crippen LogP contribution in [0.1, 0.15) is 31.5 Å². The summed E-state index contributed by atoms with van der Waals surface area (Å²) < 4.78 is 0. The van der Waals surface area contributed by atoms with Crippen LogP contribution in [0.25, 0.3) is 10.9 Å². The Morgan fingerprint density at radius 1 is 1.39 bits per heavy atom. The number of fused-ring (bicyclic) bond motifs is 3. The quantitative estimate of drug-likeness (QED) is 0.838. The number of rotatable bonds is 2. The average molecular weight is 261 g/mol. The molecule has 2 aromatic rings. The summed E-state index contributed by atoms with van der Waals surface area (Å²) in [5, 5.41) is 2.06. The van der Waals surface area contributed by atoms with E-state index in [9.17, 15) is 0 Å². The fraction of sp³-hybridized carbons (Fsp3) is 0.400. The molecule has 2 heterocycles. The molecule has 0 bridgehead atoms. The third kappa shape index (κ3) is 1.95. The normalized spacial score (nSPS) is 15.0. The number of aliphatic imine (C=N–C) groups is 1. The van der Waals surface area contributed by atoms with E-state index < -0.39 is 0 Å². The molecule has 0 radical (unpaired) electrons. The van der Waals surface area contributed by atoms with Gasteiger partial charge in [-0.2, -0.15) is 0 Å². The Morgan fingerprint density at radius 2 is 2.22 bits per heavy atom. The summed E-state index contributed by atoms with van der Waals surface area (Å²) in [6, 6.07) is 6.05. The summed E-state index contributed by atoms with van der Waals surface area (Å²) in [7, 11) is 0. The van der Waals surface area contributed by atoms with Crippen molar-refractivity contribution < 1.29 is 0 Å². The highest BCUT2D eigenvalue weighted by Gasteiger charge is 2.19. The molecule has 1 N–H and O–H groups in total. The molecule has 0 amide bonds. The van der Waals surface area contributed by atoms with Gasteiger partial charge < -0.3 is 4.98 Å². The van der Waals surface area contributed by atoms with E-state index in [0.29, 0.717) is 5.92 Å². The minimum Gasteiger partial charge on any atom is -0.353 e. The first-order chi connectivity index (χ1) is 8.65. The molecule has 2 nitrogen and oxygen atoms in total. The Labute approximate surface area is 112 Å². The van der Waals surface area contributed by atoms with E-state index in [1.165, 1.54) is 27.9 Å². The molecule has 18 heavy (non-hydrogen) atoms. The molecule has 0 saturated heterocycles. The number of aromatic nitrogens is 1. The van der Waals surface area contributed by atoms with Crippen molar-refractivity contribution in [3.63, 3.8) is 0 Å². The lowest BCUT2D eigenvalue weighted by Gasteiger charge is -2.14. The van der Waals surface area contributed by atoms with Crippen molar-refractivity contribution >= 4 is 28.2 Å². The summed E-state index contributed by atoms with van der Waals surface area (Å²) in [6.45, 7) is 5.36. The fourth-order valence-electron chi connectivity index (χ4n) is 2.66. The van der Waals surface area contributed by atoms with Gasteiger partial charge in [-0.25, -0.2) is 0 Å². The highest BCUT2D eigenvalue weighted by atomic mass is 35.5. The Hall–Kier alpha value is -1.28. The minimum absolute atomic E-state index is 0.629. The standard InChI is InChI=1S/C15H17ClN2/c1-9(2)7-14-15-11(5-6-17-14)12-8-10(16)3-4-13(12)18-15/h3-4,8-9,18H,5-7H2,1-2H3. The largest absolute Gasteiger partial charge is 0.353 e. The van der Waals surface area contributed by atoms with Gasteiger partial charge in [-0.15, -0.1) is 0 Å². The molecule has 0 aliphatic carbocycles. The number of H-pyrrole nitrogens is 1. The Morgan fingerprint density at radius 3 is 3.00 bits per heavy atom. The molecular formula is C15H17ClN2. The van der Waals surface area contributed by atoms with Gasteiger partial charge >= 0.3 is 0 Å². The lowest BCUT2D eigenvalue weighted by Crippen LogP contribution is -2.14. The number of hydrogen-bond donors (Lipinski definition) is 1. The van der Waals surface area contributed by atoms with Crippen LogP contribution in [0.3, 0.4) is 0 Å². The molecule has 0 fully saturated rings. The van der Waals surface area contributed by atoms with Gasteiger partial charge in [-0.05, 0) is 42.5 Å². The van der Waals surface area contributed by atoms with Crippen LogP contribution in [0.15, 0.2) is 23.2 Å². The smallest absolute Gasteiger partial charge is 0.0638 e. The second kappa shape index (κ2) is 4.43. The first-order valence-corrected chi connectivity index (χ1v) is 6.86. The molecule has 1 aromatic heterocycles. The van der Waals surface area contributed by atoms with Gasteiger partial charge in [0.15, 0.2) is 0 Å². The number of hydrogen-bond acceptors (Lipinski definition) is 1. The highest BCUT2D eigenvalue weighted by molar-refractivity contribution is 6.31. The van der Waals surface area contributed by atoms with E-state index in [1.807, 2.05) is 6.07 Å². The van der Waals surface area contributed by atoms with Crippen molar-refractivity contribution in [2.75, 3.05) is 6.54 Å². The average Bonchev–Trinajstić information content (AvgIpc) is 2.68. The second-order valence-corrected chi connectivity index (χ2v) is 5.78. The van der Waals surface area contributed by atoms with Crippen LogP contribution in [0.2, 0.25) is 5.02 Å². The summed E-state index contributed by atoms with van der Waals surface area (Å²) in [5.74, 6) is 0.629. The molecule has 0 unspecified atom stereocenters. The predicted molar refractivity (Wildman–Crippen MR) is 77.9 cm³/mol. The van der Waals surface area contributed by atoms with E-state index in [1.54, 1.807) is 0 Å². The van der Waals surface area contributed by atoms with Crippen molar-refractivity contribution in [1.82, 2.24) is 4.98 Å². The minimum atomic E-state index is 0.629. The van der Waals surface area contributed by atoms with Crippen molar-refractivity contribution in [3.8, 4) is 0 Å². The molecule has 94 valence electrons. The number of nitrogens with one attached hydrogen (secondary N) is 1. The molecule has 1 aromatic carbocycles. The molecule has 0 saturated carbocycles. The first kappa shape index (κ1) is 11.8. The molecule has 0 spiro atoms. The van der Waals surface area contributed by atoms with Gasteiger partial charge in [0.2, 0.25) is 0 Å². The van der Waals surface area contributed by atoms with E-state index in [-0.39, 0.29) is 0 Å². The highest BCUT2D eigenvalue weighted by Crippen LogP contribution is 2.29. The molecule has 1 aliphatic rings. The zero-order chi connectivity index (χ0) is 12.7. The Balaban J connectivity index is 2.14. The number of aromatic amines is 1. The maximum Gasteiger partial charge on any atom is 0.0638 e. The van der Waals surface area contributed by atoms with Gasteiger partial charge in [0.05, 0.1) is 11.4 Å². The summed E-state index contributed by atoms with van der Waals surface area (Å²) in [4.78, 5) is 8.19. The molecule has 3 heteroatoms. The molecule has 0 atom stereocenters. The van der Waals surface area contributed by atoms with Gasteiger partial charge in [-0.3, -0.25) is 4.99 Å².